The number of hydrogen-bond donors (Lipinski definition) is 2. The van der Waals surface area contributed by atoms with Crippen molar-refractivity contribution in [2.75, 3.05) is 6.54 Å². The van der Waals surface area contributed by atoms with Gasteiger partial charge >= 0.3 is 5.97 Å². The van der Waals surface area contributed by atoms with Crippen LogP contribution in [-0.4, -0.2) is 27.8 Å². The Morgan fingerprint density at radius 3 is 2.62 bits per heavy atom. The van der Waals surface area contributed by atoms with Gasteiger partial charge in [-0.2, -0.15) is 10.2 Å². The van der Waals surface area contributed by atoms with Crippen molar-refractivity contribution in [3.05, 3.63) is 36.2 Å². The Morgan fingerprint density at radius 1 is 1.31 bits per heavy atom. The zero-order chi connectivity index (χ0) is 11.5. The molecule has 0 amide bonds. The molecule has 0 saturated carbocycles. The summed E-state index contributed by atoms with van der Waals surface area (Å²) in [5.41, 5.74) is 6.13. The quantitative estimate of drug-likeness (QED) is 0.792. The minimum absolute atomic E-state index is 0.0827. The fourth-order valence-corrected chi connectivity index (χ4v) is 1.61. The van der Waals surface area contributed by atoms with E-state index < -0.39 is 11.9 Å². The molecule has 1 unspecified atom stereocenters. The number of aliphatic carboxylic acids is 1. The Hall–Kier alpha value is -2.01. The first-order valence-electron chi connectivity index (χ1n) is 4.85. The average molecular weight is 217 g/mol. The van der Waals surface area contributed by atoms with Gasteiger partial charge in [-0.3, -0.25) is 4.79 Å². The summed E-state index contributed by atoms with van der Waals surface area (Å²) in [5, 5.41) is 18.3. The van der Waals surface area contributed by atoms with Crippen LogP contribution in [0.25, 0.3) is 10.8 Å². The zero-order valence-electron chi connectivity index (χ0n) is 8.50. The van der Waals surface area contributed by atoms with Crippen LogP contribution in [0.1, 0.15) is 11.5 Å². The first-order valence-corrected chi connectivity index (χ1v) is 4.85. The summed E-state index contributed by atoms with van der Waals surface area (Å²) in [7, 11) is 0. The third-order valence-electron chi connectivity index (χ3n) is 2.51. The monoisotopic (exact) mass is 217 g/mol. The normalized spacial score (nSPS) is 12.6. The smallest absolute Gasteiger partial charge is 0.312 e. The van der Waals surface area contributed by atoms with Crippen LogP contribution in [0.15, 0.2) is 30.6 Å². The van der Waals surface area contributed by atoms with E-state index in [1.54, 1.807) is 24.5 Å². The van der Waals surface area contributed by atoms with E-state index in [9.17, 15) is 4.79 Å². The van der Waals surface area contributed by atoms with Gasteiger partial charge in [0.25, 0.3) is 0 Å². The van der Waals surface area contributed by atoms with Gasteiger partial charge < -0.3 is 10.8 Å². The molecule has 0 aliphatic rings. The minimum Gasteiger partial charge on any atom is -0.481 e. The second-order valence-corrected chi connectivity index (χ2v) is 3.50. The number of nitrogens with two attached hydrogens (primary N) is 1. The third kappa shape index (κ3) is 1.85. The molecule has 2 rings (SSSR count). The third-order valence-corrected chi connectivity index (χ3v) is 2.51. The van der Waals surface area contributed by atoms with Gasteiger partial charge in [0.1, 0.15) is 0 Å². The van der Waals surface area contributed by atoms with Crippen molar-refractivity contribution >= 4 is 16.7 Å². The molecule has 1 aromatic carbocycles. The van der Waals surface area contributed by atoms with Crippen molar-refractivity contribution in [1.29, 1.82) is 0 Å². The second-order valence-electron chi connectivity index (χ2n) is 3.50. The number of nitrogens with zero attached hydrogens (tertiary/aromatic N) is 2. The van der Waals surface area contributed by atoms with Crippen molar-refractivity contribution in [1.82, 2.24) is 10.2 Å². The number of carboxylic acids is 1. The zero-order valence-corrected chi connectivity index (χ0v) is 8.50. The summed E-state index contributed by atoms with van der Waals surface area (Å²) < 4.78 is 0. The van der Waals surface area contributed by atoms with Crippen LogP contribution < -0.4 is 5.73 Å². The molecule has 1 heterocycles. The Balaban J connectivity index is 2.49. The van der Waals surface area contributed by atoms with Crippen molar-refractivity contribution in [3.8, 4) is 0 Å². The molecule has 0 saturated heterocycles. The molecule has 0 bridgehead atoms. The lowest BCUT2D eigenvalue weighted by Gasteiger charge is -2.10. The summed E-state index contributed by atoms with van der Waals surface area (Å²) in [4.78, 5) is 11.0. The van der Waals surface area contributed by atoms with Crippen molar-refractivity contribution < 1.29 is 9.90 Å². The largest absolute Gasteiger partial charge is 0.481 e. The molecular formula is C11H11N3O2. The second kappa shape index (κ2) is 4.24. The van der Waals surface area contributed by atoms with E-state index in [4.69, 9.17) is 10.8 Å². The lowest BCUT2D eigenvalue weighted by molar-refractivity contribution is -0.138. The highest BCUT2D eigenvalue weighted by molar-refractivity contribution is 5.84. The van der Waals surface area contributed by atoms with Gasteiger partial charge in [-0.25, -0.2) is 0 Å². The van der Waals surface area contributed by atoms with Gasteiger partial charge in [0, 0.05) is 17.3 Å². The number of aromatic nitrogens is 2. The van der Waals surface area contributed by atoms with Gasteiger partial charge in [0.05, 0.1) is 18.3 Å². The van der Waals surface area contributed by atoms with E-state index in [0.717, 1.165) is 10.8 Å². The molecule has 0 fully saturated rings. The van der Waals surface area contributed by atoms with Gasteiger partial charge in [-0.1, -0.05) is 12.1 Å². The Bertz CT molecular complexity index is 527. The Labute approximate surface area is 91.9 Å². The standard InChI is InChI=1S/C11H11N3O2/c12-4-10(11(15)16)7-1-2-8-5-13-14-6-9(8)3-7/h1-3,5-6,10H,4,12H2,(H,15,16). The molecule has 5 heteroatoms. The Kier molecular flexibility index (Phi) is 2.78. The van der Waals surface area contributed by atoms with Gasteiger partial charge in [0.2, 0.25) is 0 Å². The summed E-state index contributed by atoms with van der Waals surface area (Å²) in [6.07, 6.45) is 3.24. The van der Waals surface area contributed by atoms with Crippen molar-refractivity contribution in [2.24, 2.45) is 5.73 Å². The molecule has 16 heavy (non-hydrogen) atoms. The lowest BCUT2D eigenvalue weighted by Crippen LogP contribution is -2.20. The lowest BCUT2D eigenvalue weighted by atomic mass is 9.97. The van der Waals surface area contributed by atoms with Crippen LogP contribution in [0, 0.1) is 0 Å². The molecule has 0 aliphatic carbocycles. The molecular weight excluding hydrogens is 206 g/mol. The summed E-state index contributed by atoms with van der Waals surface area (Å²) in [6, 6.07) is 5.37. The number of rotatable bonds is 3. The predicted octanol–water partition coefficient (Wildman–Crippen LogP) is 0.757. The molecule has 3 N–H and O–H groups in total. The van der Waals surface area contributed by atoms with E-state index in [0.29, 0.717) is 5.56 Å². The molecule has 2 aromatic rings. The van der Waals surface area contributed by atoms with E-state index in [1.807, 2.05) is 6.07 Å². The van der Waals surface area contributed by atoms with E-state index in [1.165, 1.54) is 0 Å². The molecule has 1 aromatic heterocycles. The minimum atomic E-state index is -0.913. The van der Waals surface area contributed by atoms with Crippen LogP contribution >= 0.6 is 0 Å². The first-order chi connectivity index (χ1) is 7.72. The molecule has 0 aliphatic heterocycles. The highest BCUT2D eigenvalue weighted by Crippen LogP contribution is 2.20. The number of hydrogen-bond acceptors (Lipinski definition) is 4. The predicted molar refractivity (Wildman–Crippen MR) is 59.0 cm³/mol. The van der Waals surface area contributed by atoms with Crippen LogP contribution in [0.4, 0.5) is 0 Å². The first kappa shape index (κ1) is 10.5. The summed E-state index contributed by atoms with van der Waals surface area (Å²) >= 11 is 0. The number of benzene rings is 1. The molecule has 1 atom stereocenters. The summed E-state index contributed by atoms with van der Waals surface area (Å²) in [6.45, 7) is 0.0827. The molecule has 0 spiro atoms. The van der Waals surface area contributed by atoms with E-state index in [2.05, 4.69) is 10.2 Å². The Morgan fingerprint density at radius 2 is 2.00 bits per heavy atom. The van der Waals surface area contributed by atoms with Crippen LogP contribution in [0.3, 0.4) is 0 Å². The van der Waals surface area contributed by atoms with Crippen LogP contribution in [0.5, 0.6) is 0 Å². The van der Waals surface area contributed by atoms with Gasteiger partial charge in [0.15, 0.2) is 0 Å². The van der Waals surface area contributed by atoms with Crippen molar-refractivity contribution in [3.63, 3.8) is 0 Å². The van der Waals surface area contributed by atoms with E-state index in [-0.39, 0.29) is 6.54 Å². The molecule has 5 nitrogen and oxygen atoms in total. The summed E-state index contributed by atoms with van der Waals surface area (Å²) in [5.74, 6) is -1.58. The fourth-order valence-electron chi connectivity index (χ4n) is 1.61. The molecule has 0 radical (unpaired) electrons. The van der Waals surface area contributed by atoms with E-state index >= 15 is 0 Å². The highest BCUT2D eigenvalue weighted by Gasteiger charge is 2.17. The number of carbonyl (C=O) groups is 1. The maximum atomic E-state index is 11.0. The maximum absolute atomic E-state index is 11.0. The topological polar surface area (TPSA) is 89.1 Å². The highest BCUT2D eigenvalue weighted by atomic mass is 16.4. The van der Waals surface area contributed by atoms with Crippen molar-refractivity contribution in [2.45, 2.75) is 5.92 Å². The van der Waals surface area contributed by atoms with Gasteiger partial charge in [-0.05, 0) is 11.6 Å². The fraction of sp³-hybridized carbons (Fsp3) is 0.182. The maximum Gasteiger partial charge on any atom is 0.312 e. The number of carboxylic acid groups (broad SMARTS) is 1. The number of fused-ring (bicyclic) bond motifs is 1. The SMILES string of the molecule is NCC(C(=O)O)c1ccc2cnncc2c1. The van der Waals surface area contributed by atoms with Crippen LogP contribution in [0.2, 0.25) is 0 Å². The van der Waals surface area contributed by atoms with Gasteiger partial charge in [-0.15, -0.1) is 0 Å². The van der Waals surface area contributed by atoms with Crippen LogP contribution in [-0.2, 0) is 4.79 Å². The average Bonchev–Trinajstić information content (AvgIpc) is 2.29. The molecule has 82 valence electrons.